The maximum atomic E-state index is 11.8. The second-order valence-corrected chi connectivity index (χ2v) is 6.13. The fraction of sp³-hybridized carbons (Fsp3) is 0.286. The molecule has 1 aliphatic rings. The minimum atomic E-state index is -0.262. The van der Waals surface area contributed by atoms with Gasteiger partial charge in [0.2, 0.25) is 0 Å². The summed E-state index contributed by atoms with van der Waals surface area (Å²) in [7, 11) is 1.48. The van der Waals surface area contributed by atoms with Crippen LogP contribution in [0.5, 0.6) is 5.75 Å². The summed E-state index contributed by atoms with van der Waals surface area (Å²) in [6, 6.07) is 5.58. The number of likely N-dealkylation sites (N-methyl/N-ethyl adjacent to an activating group) is 1. The summed E-state index contributed by atoms with van der Waals surface area (Å²) in [6.07, 6.45) is 2.65. The third-order valence-electron chi connectivity index (χ3n) is 2.70. The lowest BCUT2D eigenvalue weighted by Gasteiger charge is -2.07. The normalized spacial score (nSPS) is 17.1. The van der Waals surface area contributed by atoms with E-state index in [4.69, 9.17) is 4.74 Å². The molecule has 1 aromatic rings. The van der Waals surface area contributed by atoms with Crippen LogP contribution in [0.4, 0.5) is 4.79 Å². The number of hydrogen-bond acceptors (Lipinski definition) is 4. The van der Waals surface area contributed by atoms with Crippen LogP contribution >= 0.6 is 27.7 Å². The van der Waals surface area contributed by atoms with Crippen LogP contribution in [0, 0.1) is 0 Å². The van der Waals surface area contributed by atoms with Crippen LogP contribution in [0.15, 0.2) is 27.6 Å². The second kappa shape index (κ2) is 6.45. The van der Waals surface area contributed by atoms with E-state index in [1.54, 1.807) is 6.08 Å². The molecule has 1 aromatic carbocycles. The van der Waals surface area contributed by atoms with Crippen molar-refractivity contribution in [3.63, 3.8) is 0 Å². The van der Waals surface area contributed by atoms with Crippen LogP contribution in [0.3, 0.4) is 0 Å². The molecule has 0 unspecified atom stereocenters. The van der Waals surface area contributed by atoms with E-state index >= 15 is 0 Å². The number of nitrogens with zero attached hydrogens (tertiary/aromatic N) is 1. The van der Waals surface area contributed by atoms with Gasteiger partial charge in [0.15, 0.2) is 0 Å². The summed E-state index contributed by atoms with van der Waals surface area (Å²) in [5, 5.41) is -0.247. The Balaban J connectivity index is 2.20. The zero-order chi connectivity index (χ0) is 14.7. The van der Waals surface area contributed by atoms with E-state index in [0.29, 0.717) is 11.5 Å². The summed E-state index contributed by atoms with van der Waals surface area (Å²) in [5.74, 6) is 0.509. The van der Waals surface area contributed by atoms with E-state index in [2.05, 4.69) is 15.9 Å². The molecule has 106 valence electrons. The molecule has 1 fully saturated rings. The average molecular weight is 356 g/mol. The molecule has 4 nitrogen and oxygen atoms in total. The Kier molecular flexibility index (Phi) is 4.88. The Morgan fingerprint density at radius 3 is 2.70 bits per heavy atom. The summed E-state index contributed by atoms with van der Waals surface area (Å²) < 4.78 is 6.39. The van der Waals surface area contributed by atoms with Gasteiger partial charge in [-0.1, -0.05) is 13.0 Å². The molecule has 0 saturated carbocycles. The van der Waals surface area contributed by atoms with E-state index in [-0.39, 0.29) is 11.1 Å². The summed E-state index contributed by atoms with van der Waals surface area (Å²) in [5.41, 5.74) is 0.847. The lowest BCUT2D eigenvalue weighted by atomic mass is 10.2. The Bertz CT molecular complexity index is 586. The number of halogens is 1. The highest BCUT2D eigenvalue weighted by molar-refractivity contribution is 9.10. The average Bonchev–Trinajstić information content (AvgIpc) is 2.65. The van der Waals surface area contributed by atoms with Gasteiger partial charge < -0.3 is 4.74 Å². The van der Waals surface area contributed by atoms with Crippen LogP contribution in [0.25, 0.3) is 6.08 Å². The number of hydrogen-bond donors (Lipinski definition) is 0. The fourth-order valence-corrected chi connectivity index (χ4v) is 2.97. The molecule has 0 radical (unpaired) electrons. The van der Waals surface area contributed by atoms with Crippen LogP contribution in [-0.2, 0) is 4.79 Å². The second-order valence-electron chi connectivity index (χ2n) is 4.28. The smallest absolute Gasteiger partial charge is 0.293 e. The highest BCUT2D eigenvalue weighted by atomic mass is 79.9. The van der Waals surface area contributed by atoms with Gasteiger partial charge in [-0.15, -0.1) is 0 Å². The lowest BCUT2D eigenvalue weighted by molar-refractivity contribution is -0.121. The predicted octanol–water partition coefficient (Wildman–Crippen LogP) is 3.90. The van der Waals surface area contributed by atoms with Crippen molar-refractivity contribution in [3.05, 3.63) is 33.1 Å². The van der Waals surface area contributed by atoms with Gasteiger partial charge in [0.25, 0.3) is 11.1 Å². The van der Waals surface area contributed by atoms with Crippen molar-refractivity contribution in [2.24, 2.45) is 0 Å². The SMILES string of the molecule is CCCOc1ccc(/C=C2\SC(=O)N(C)C2=O)cc1Br. The molecule has 6 heteroatoms. The van der Waals surface area contributed by atoms with E-state index in [0.717, 1.165) is 38.9 Å². The van der Waals surface area contributed by atoms with Gasteiger partial charge in [0.05, 0.1) is 16.0 Å². The molecule has 0 aliphatic carbocycles. The van der Waals surface area contributed by atoms with Gasteiger partial charge in [-0.25, -0.2) is 0 Å². The van der Waals surface area contributed by atoms with Gasteiger partial charge in [-0.2, -0.15) is 0 Å². The Labute approximate surface area is 130 Å². The molecular weight excluding hydrogens is 342 g/mol. The van der Waals surface area contributed by atoms with Crippen molar-refractivity contribution < 1.29 is 14.3 Å². The van der Waals surface area contributed by atoms with Crippen LogP contribution < -0.4 is 4.74 Å². The molecule has 0 bridgehead atoms. The largest absolute Gasteiger partial charge is 0.492 e. The molecule has 0 aromatic heterocycles. The first kappa shape index (κ1) is 15.1. The van der Waals surface area contributed by atoms with E-state index in [1.165, 1.54) is 7.05 Å². The summed E-state index contributed by atoms with van der Waals surface area (Å²) in [4.78, 5) is 24.8. The molecular formula is C14H14BrNO3S. The molecule has 1 saturated heterocycles. The molecule has 2 rings (SSSR count). The molecule has 1 aliphatic heterocycles. The van der Waals surface area contributed by atoms with Gasteiger partial charge in [0.1, 0.15) is 5.75 Å². The fourth-order valence-electron chi connectivity index (χ4n) is 1.63. The maximum Gasteiger partial charge on any atom is 0.293 e. The van der Waals surface area contributed by atoms with Gasteiger partial charge >= 0.3 is 0 Å². The monoisotopic (exact) mass is 355 g/mol. The first-order valence-corrected chi connectivity index (χ1v) is 7.77. The Hall–Kier alpha value is -1.27. The predicted molar refractivity (Wildman–Crippen MR) is 83.7 cm³/mol. The van der Waals surface area contributed by atoms with Crippen molar-refractivity contribution in [1.29, 1.82) is 0 Å². The van der Waals surface area contributed by atoms with Crippen LogP contribution in [-0.4, -0.2) is 29.7 Å². The van der Waals surface area contributed by atoms with E-state index < -0.39 is 0 Å². The third-order valence-corrected chi connectivity index (χ3v) is 4.28. The summed E-state index contributed by atoms with van der Waals surface area (Å²) >= 11 is 4.39. The minimum absolute atomic E-state index is 0.247. The van der Waals surface area contributed by atoms with Crippen molar-refractivity contribution >= 4 is 44.9 Å². The molecule has 20 heavy (non-hydrogen) atoms. The highest BCUT2D eigenvalue weighted by Gasteiger charge is 2.31. The van der Waals surface area contributed by atoms with Crippen molar-refractivity contribution in [2.75, 3.05) is 13.7 Å². The zero-order valence-electron chi connectivity index (χ0n) is 11.2. The highest BCUT2D eigenvalue weighted by Crippen LogP contribution is 2.33. The van der Waals surface area contributed by atoms with Crippen molar-refractivity contribution in [2.45, 2.75) is 13.3 Å². The van der Waals surface area contributed by atoms with Gasteiger partial charge in [-0.3, -0.25) is 14.5 Å². The lowest BCUT2D eigenvalue weighted by Crippen LogP contribution is -2.22. The quantitative estimate of drug-likeness (QED) is 0.768. The minimum Gasteiger partial charge on any atom is -0.492 e. The van der Waals surface area contributed by atoms with E-state index in [1.807, 2.05) is 25.1 Å². The first-order chi connectivity index (χ1) is 9.52. The number of amides is 2. The number of imide groups is 1. The molecule has 1 heterocycles. The number of thioether (sulfide) groups is 1. The topological polar surface area (TPSA) is 46.6 Å². The molecule has 0 atom stereocenters. The van der Waals surface area contributed by atoms with Crippen LogP contribution in [0.1, 0.15) is 18.9 Å². The summed E-state index contributed by atoms with van der Waals surface area (Å²) in [6.45, 7) is 2.70. The number of rotatable bonds is 4. The first-order valence-electron chi connectivity index (χ1n) is 6.17. The van der Waals surface area contributed by atoms with Crippen LogP contribution in [0.2, 0.25) is 0 Å². The number of carbonyl (C=O) groups excluding carboxylic acids is 2. The van der Waals surface area contributed by atoms with Gasteiger partial charge in [0, 0.05) is 7.05 Å². The van der Waals surface area contributed by atoms with E-state index in [9.17, 15) is 9.59 Å². The zero-order valence-corrected chi connectivity index (χ0v) is 13.6. The maximum absolute atomic E-state index is 11.8. The molecule has 2 amide bonds. The number of benzene rings is 1. The Morgan fingerprint density at radius 2 is 2.15 bits per heavy atom. The van der Waals surface area contributed by atoms with Gasteiger partial charge in [-0.05, 0) is 57.9 Å². The van der Waals surface area contributed by atoms with Crippen molar-refractivity contribution in [3.8, 4) is 5.75 Å². The standard InChI is InChI=1S/C14H14BrNO3S/c1-3-6-19-11-5-4-9(7-10(11)15)8-12-13(17)16(2)14(18)20-12/h4-5,7-8H,3,6H2,1-2H3/b12-8-. The van der Waals surface area contributed by atoms with Crippen molar-refractivity contribution in [1.82, 2.24) is 4.90 Å². The number of carbonyl (C=O) groups is 2. The molecule has 0 N–H and O–H groups in total. The third kappa shape index (κ3) is 3.24. The number of ether oxygens (including phenoxy) is 1. The Morgan fingerprint density at radius 1 is 1.40 bits per heavy atom. The molecule has 0 spiro atoms.